The van der Waals surface area contributed by atoms with Gasteiger partial charge in [0.1, 0.15) is 0 Å². The molecule has 15 heavy (non-hydrogen) atoms. The van der Waals surface area contributed by atoms with E-state index in [9.17, 15) is 0 Å². The molecule has 1 aliphatic carbocycles. The first-order chi connectivity index (χ1) is 6.88. The van der Waals surface area contributed by atoms with Crippen LogP contribution in [0.2, 0.25) is 0 Å². The summed E-state index contributed by atoms with van der Waals surface area (Å²) >= 11 is 35.3. The number of hydrogen-bond acceptors (Lipinski definition) is 0. The fourth-order valence-electron chi connectivity index (χ4n) is 1.05. The molecule has 92 valence electrons. The number of rotatable bonds is 0. The van der Waals surface area contributed by atoms with Crippen molar-refractivity contribution in [1.29, 1.82) is 0 Å². The first-order valence-electron chi connectivity index (χ1n) is 4.42. The van der Waals surface area contributed by atoms with Crippen LogP contribution in [-0.4, -0.2) is 38.4 Å². The minimum Gasteiger partial charge on any atom is -0.138 e. The maximum Gasteiger partial charge on any atom is 0.0693 e. The Labute approximate surface area is 123 Å². The second kappa shape index (κ2) is 8.30. The lowest BCUT2D eigenvalue weighted by atomic mass is 9.97. The van der Waals surface area contributed by atoms with E-state index in [-0.39, 0.29) is 0 Å². The van der Waals surface area contributed by atoms with Crippen molar-refractivity contribution in [3.05, 3.63) is 0 Å². The van der Waals surface area contributed by atoms with Gasteiger partial charge < -0.3 is 0 Å². The first-order valence-corrected chi connectivity index (χ1v) is 7.86. The molecule has 0 radical (unpaired) electrons. The van der Waals surface area contributed by atoms with E-state index in [1.165, 1.54) is 6.16 Å². The molecule has 1 fully saturated rings. The van der Waals surface area contributed by atoms with Crippen LogP contribution in [0.5, 0.6) is 0 Å². The Morgan fingerprint density at radius 1 is 0.667 bits per heavy atom. The summed E-state index contributed by atoms with van der Waals surface area (Å²) in [5.74, 6) is 0. The third kappa shape index (κ3) is 4.74. The molecule has 1 rings (SSSR count). The van der Waals surface area contributed by atoms with Crippen LogP contribution in [0.4, 0.5) is 0 Å². The van der Waals surface area contributed by atoms with Gasteiger partial charge in [-0.1, -0.05) is 6.92 Å². The Bertz CT molecular complexity index is 122. The van der Waals surface area contributed by atoms with Gasteiger partial charge in [0.25, 0.3) is 0 Å². The number of halogens is 6. The van der Waals surface area contributed by atoms with Gasteiger partial charge in [0.2, 0.25) is 0 Å². The Morgan fingerprint density at radius 2 is 0.733 bits per heavy atom. The number of hydrogen-bond donors (Lipinski definition) is 0. The lowest BCUT2D eigenvalue weighted by Crippen LogP contribution is -2.52. The zero-order chi connectivity index (χ0) is 12.2. The van der Waals surface area contributed by atoms with Gasteiger partial charge in [0, 0.05) is 0 Å². The van der Waals surface area contributed by atoms with Crippen LogP contribution >= 0.6 is 78.8 Å². The average molecular weight is 353 g/mol. The second-order valence-electron chi connectivity index (χ2n) is 3.07. The molecule has 0 heterocycles. The zero-order valence-corrected chi connectivity index (χ0v) is 13.7. The van der Waals surface area contributed by atoms with Crippen LogP contribution in [0.25, 0.3) is 0 Å². The van der Waals surface area contributed by atoms with E-state index in [4.69, 9.17) is 69.6 Å². The van der Waals surface area contributed by atoms with Crippen molar-refractivity contribution in [2.45, 2.75) is 39.2 Å². The Kier molecular flexibility index (Phi) is 9.50. The third-order valence-electron chi connectivity index (χ3n) is 1.83. The van der Waals surface area contributed by atoms with Crippen LogP contribution in [-0.2, 0) is 0 Å². The van der Waals surface area contributed by atoms with E-state index in [0.717, 1.165) is 0 Å². The van der Waals surface area contributed by atoms with Crippen molar-refractivity contribution in [2.24, 2.45) is 0 Å². The molecule has 1 saturated carbocycles. The summed E-state index contributed by atoms with van der Waals surface area (Å²) in [5.41, 5.74) is 0. The normalized spacial score (nSPS) is 45.6. The molecule has 0 bridgehead atoms. The molecule has 0 saturated heterocycles. The van der Waals surface area contributed by atoms with Crippen molar-refractivity contribution in [3.63, 3.8) is 0 Å². The van der Waals surface area contributed by atoms with Crippen molar-refractivity contribution in [2.75, 3.05) is 6.16 Å². The van der Waals surface area contributed by atoms with Crippen molar-refractivity contribution in [3.8, 4) is 0 Å². The van der Waals surface area contributed by atoms with Gasteiger partial charge in [-0.2, -0.15) is 0 Å². The van der Waals surface area contributed by atoms with Gasteiger partial charge >= 0.3 is 0 Å². The molecule has 0 aliphatic heterocycles. The molecule has 0 nitrogen and oxygen atoms in total. The summed E-state index contributed by atoms with van der Waals surface area (Å²) in [6, 6.07) is 0. The Balaban J connectivity index is 0.000000583. The second-order valence-corrected chi connectivity index (χ2v) is 6.92. The highest BCUT2D eigenvalue weighted by atomic mass is 35.5. The molecule has 1 atom stereocenters. The third-order valence-corrected chi connectivity index (χ3v) is 5.86. The summed E-state index contributed by atoms with van der Waals surface area (Å²) in [7, 11) is 2.58. The molecular formula is C8H13Cl6P. The molecular weight excluding hydrogens is 340 g/mol. The van der Waals surface area contributed by atoms with Gasteiger partial charge in [0.15, 0.2) is 0 Å². The first kappa shape index (κ1) is 17.2. The van der Waals surface area contributed by atoms with Crippen LogP contribution in [0.15, 0.2) is 0 Å². The quantitative estimate of drug-likeness (QED) is 0.444. The molecule has 1 unspecified atom stereocenters. The minimum absolute atomic E-state index is 0.437. The minimum atomic E-state index is -0.437. The van der Waals surface area contributed by atoms with Gasteiger partial charge in [0.05, 0.1) is 32.3 Å². The fraction of sp³-hybridized carbons (Fsp3) is 1.00. The summed E-state index contributed by atoms with van der Waals surface area (Å²) < 4.78 is 0. The maximum absolute atomic E-state index is 5.88. The predicted octanol–water partition coefficient (Wildman–Crippen LogP) is 4.53. The Hall–Kier alpha value is 2.17. The van der Waals surface area contributed by atoms with Crippen molar-refractivity contribution in [1.82, 2.24) is 0 Å². The molecule has 1 aliphatic rings. The molecule has 0 aromatic heterocycles. The van der Waals surface area contributed by atoms with Gasteiger partial charge in [-0.15, -0.1) is 78.8 Å². The SMILES string of the molecule is CCP.ClC1C(Cl)C(Cl)C(Cl)C(Cl)C1Cl. The molecule has 7 heteroatoms. The monoisotopic (exact) mass is 350 g/mol. The van der Waals surface area contributed by atoms with E-state index >= 15 is 0 Å². The fourth-order valence-corrected chi connectivity index (χ4v) is 3.38. The van der Waals surface area contributed by atoms with Crippen LogP contribution < -0.4 is 0 Å². The summed E-state index contributed by atoms with van der Waals surface area (Å²) in [6.45, 7) is 2.09. The van der Waals surface area contributed by atoms with Crippen LogP contribution in [0.3, 0.4) is 0 Å². The maximum atomic E-state index is 5.88. The van der Waals surface area contributed by atoms with E-state index in [1.54, 1.807) is 0 Å². The van der Waals surface area contributed by atoms with E-state index < -0.39 is 32.3 Å². The lowest BCUT2D eigenvalue weighted by Gasteiger charge is -2.37. The highest BCUT2D eigenvalue weighted by molar-refractivity contribution is 7.16. The molecule has 0 aromatic carbocycles. The predicted molar refractivity (Wildman–Crippen MR) is 78.1 cm³/mol. The highest BCUT2D eigenvalue weighted by Gasteiger charge is 2.46. The van der Waals surface area contributed by atoms with Crippen LogP contribution in [0.1, 0.15) is 6.92 Å². The molecule has 0 N–H and O–H groups in total. The standard InChI is InChI=1S/C6H6Cl6.C2H7P/c7-1-2(8)4(10)6(12)5(11)3(1)9;1-2-3/h1-6H;2-3H2,1H3. The number of alkyl halides is 6. The average Bonchev–Trinajstić information content (AvgIpc) is 2.22. The van der Waals surface area contributed by atoms with Crippen LogP contribution in [0, 0.1) is 0 Å². The van der Waals surface area contributed by atoms with E-state index in [0.29, 0.717) is 0 Å². The smallest absolute Gasteiger partial charge is 0.0693 e. The molecule has 0 amide bonds. The molecule has 0 aromatic rings. The summed E-state index contributed by atoms with van der Waals surface area (Å²) in [4.78, 5) is 0. The summed E-state index contributed by atoms with van der Waals surface area (Å²) in [5, 5.41) is -2.62. The molecule has 0 spiro atoms. The van der Waals surface area contributed by atoms with Crippen molar-refractivity contribution >= 4 is 78.8 Å². The van der Waals surface area contributed by atoms with Gasteiger partial charge in [-0.3, -0.25) is 0 Å². The summed E-state index contributed by atoms with van der Waals surface area (Å²) in [6.07, 6.45) is 1.17. The van der Waals surface area contributed by atoms with E-state index in [1.807, 2.05) is 0 Å². The van der Waals surface area contributed by atoms with Gasteiger partial charge in [-0.25, -0.2) is 0 Å². The lowest BCUT2D eigenvalue weighted by molar-refractivity contribution is 0.544. The largest absolute Gasteiger partial charge is 0.138 e. The van der Waals surface area contributed by atoms with Gasteiger partial charge in [-0.05, 0) is 6.16 Å². The topological polar surface area (TPSA) is 0 Å². The zero-order valence-electron chi connectivity index (χ0n) is 8.02. The Morgan fingerprint density at radius 3 is 0.800 bits per heavy atom. The van der Waals surface area contributed by atoms with Crippen molar-refractivity contribution < 1.29 is 0 Å². The highest BCUT2D eigenvalue weighted by Crippen LogP contribution is 2.39. The van der Waals surface area contributed by atoms with E-state index in [2.05, 4.69) is 16.2 Å².